The summed E-state index contributed by atoms with van der Waals surface area (Å²) in [6.07, 6.45) is 3.43. The molecular weight excluding hydrogens is 345 g/mol. The summed E-state index contributed by atoms with van der Waals surface area (Å²) in [7, 11) is 2.08. The number of carbonyl (C=O) groups is 1. The average molecular weight is 369 g/mol. The van der Waals surface area contributed by atoms with E-state index in [1.807, 2.05) is 13.0 Å². The van der Waals surface area contributed by atoms with Crippen LogP contribution in [0, 0.1) is 12.7 Å². The Morgan fingerprint density at radius 2 is 2.00 bits per heavy atom. The molecule has 2 aliphatic heterocycles. The van der Waals surface area contributed by atoms with Gasteiger partial charge in [-0.2, -0.15) is 0 Å². The van der Waals surface area contributed by atoms with Crippen LogP contribution >= 0.6 is 0 Å². The second-order valence-electron chi connectivity index (χ2n) is 7.42. The van der Waals surface area contributed by atoms with Gasteiger partial charge in [0.25, 0.3) is 0 Å². The number of hydrogen-bond donors (Lipinski definition) is 1. The van der Waals surface area contributed by atoms with Crippen LogP contribution in [0.5, 0.6) is 0 Å². The van der Waals surface area contributed by atoms with Crippen molar-refractivity contribution in [3.05, 3.63) is 47.4 Å². The molecule has 1 saturated heterocycles. The first kappa shape index (κ1) is 17.7. The fraction of sp³-hybridized carbons (Fsp3) is 0.400. The van der Waals surface area contributed by atoms with Crippen molar-refractivity contribution in [2.45, 2.75) is 32.4 Å². The molecule has 27 heavy (non-hydrogen) atoms. The van der Waals surface area contributed by atoms with E-state index in [9.17, 15) is 9.18 Å². The Bertz CT molecular complexity index is 858. The molecule has 2 amide bonds. The smallest absolute Gasteiger partial charge is 0.329 e. The van der Waals surface area contributed by atoms with Crippen LogP contribution in [0.4, 0.5) is 26.4 Å². The molecular formula is C20H24FN5O. The molecule has 142 valence electrons. The first-order chi connectivity index (χ1) is 13.0. The number of anilines is 3. The minimum absolute atomic E-state index is 0.0594. The van der Waals surface area contributed by atoms with Crippen LogP contribution in [0.2, 0.25) is 0 Å². The lowest BCUT2D eigenvalue weighted by molar-refractivity contribution is 0.229. The molecule has 1 aromatic carbocycles. The zero-order chi connectivity index (χ0) is 19.1. The first-order valence-electron chi connectivity index (χ1n) is 9.24. The lowest BCUT2D eigenvalue weighted by atomic mass is 10.00. The number of fused-ring (bicyclic) bond motifs is 1. The lowest BCUT2D eigenvalue weighted by Gasteiger charge is -2.43. The monoisotopic (exact) mass is 369 g/mol. The molecule has 0 bridgehead atoms. The highest BCUT2D eigenvalue weighted by atomic mass is 19.1. The van der Waals surface area contributed by atoms with E-state index in [2.05, 4.69) is 16.9 Å². The summed E-state index contributed by atoms with van der Waals surface area (Å²) in [5, 5.41) is 0. The third kappa shape index (κ3) is 3.12. The summed E-state index contributed by atoms with van der Waals surface area (Å²) in [4.78, 5) is 23.3. The van der Waals surface area contributed by atoms with Gasteiger partial charge in [0.15, 0.2) is 0 Å². The SMILES string of the molecule is Cc1cccc(F)c1N1Cc2cnc(N)cc2N(C2CCN(C)CC2)C1=O. The predicted octanol–water partition coefficient (Wildman–Crippen LogP) is 3.15. The zero-order valence-corrected chi connectivity index (χ0v) is 15.7. The van der Waals surface area contributed by atoms with Gasteiger partial charge in [0.2, 0.25) is 0 Å². The van der Waals surface area contributed by atoms with Crippen molar-refractivity contribution in [1.29, 1.82) is 0 Å². The summed E-state index contributed by atoms with van der Waals surface area (Å²) < 4.78 is 14.6. The molecule has 2 aromatic rings. The van der Waals surface area contributed by atoms with E-state index < -0.39 is 5.82 Å². The van der Waals surface area contributed by atoms with Gasteiger partial charge < -0.3 is 10.6 Å². The minimum atomic E-state index is -0.390. The number of carbonyl (C=O) groups excluding carboxylic acids is 1. The van der Waals surface area contributed by atoms with Gasteiger partial charge in [-0.05, 0) is 51.5 Å². The molecule has 0 radical (unpaired) electrons. The number of nitrogens with zero attached hydrogens (tertiary/aromatic N) is 4. The van der Waals surface area contributed by atoms with Crippen LogP contribution in [0.15, 0.2) is 30.5 Å². The fourth-order valence-electron chi connectivity index (χ4n) is 4.05. The van der Waals surface area contributed by atoms with Gasteiger partial charge >= 0.3 is 6.03 Å². The Labute approximate surface area is 158 Å². The third-order valence-corrected chi connectivity index (χ3v) is 5.52. The number of pyridine rings is 1. The molecule has 2 N–H and O–H groups in total. The molecule has 4 rings (SSSR count). The van der Waals surface area contributed by atoms with Crippen LogP contribution in [-0.4, -0.2) is 42.1 Å². The Morgan fingerprint density at radius 3 is 2.70 bits per heavy atom. The number of aromatic nitrogens is 1. The van der Waals surface area contributed by atoms with Crippen molar-refractivity contribution in [3.8, 4) is 0 Å². The zero-order valence-electron chi connectivity index (χ0n) is 15.7. The van der Waals surface area contributed by atoms with E-state index in [1.165, 1.54) is 11.0 Å². The van der Waals surface area contributed by atoms with Gasteiger partial charge in [0.05, 0.1) is 17.9 Å². The first-order valence-corrected chi connectivity index (χ1v) is 9.24. The molecule has 0 saturated carbocycles. The van der Waals surface area contributed by atoms with Crippen LogP contribution in [-0.2, 0) is 6.54 Å². The van der Waals surface area contributed by atoms with Crippen molar-refractivity contribution in [3.63, 3.8) is 0 Å². The third-order valence-electron chi connectivity index (χ3n) is 5.52. The largest absolute Gasteiger partial charge is 0.384 e. The van der Waals surface area contributed by atoms with Crippen LogP contribution in [0.3, 0.4) is 0 Å². The molecule has 0 aliphatic carbocycles. The van der Waals surface area contributed by atoms with Crippen LogP contribution in [0.25, 0.3) is 0 Å². The second kappa shape index (κ2) is 6.81. The maximum Gasteiger partial charge on any atom is 0.329 e. The van der Waals surface area contributed by atoms with E-state index >= 15 is 0 Å². The molecule has 1 fully saturated rings. The second-order valence-corrected chi connectivity index (χ2v) is 7.42. The molecule has 6 nitrogen and oxygen atoms in total. The quantitative estimate of drug-likeness (QED) is 0.883. The topological polar surface area (TPSA) is 65.7 Å². The Hall–Kier alpha value is -2.67. The summed E-state index contributed by atoms with van der Waals surface area (Å²) in [6, 6.07) is 6.50. The summed E-state index contributed by atoms with van der Waals surface area (Å²) in [5.74, 6) is -0.00599. The maximum absolute atomic E-state index is 14.6. The Balaban J connectivity index is 1.79. The molecule has 0 unspecified atom stereocenters. The normalized spacial score (nSPS) is 18.7. The highest BCUT2D eigenvalue weighted by Gasteiger charge is 2.38. The summed E-state index contributed by atoms with van der Waals surface area (Å²) in [6.45, 7) is 3.95. The van der Waals surface area contributed by atoms with E-state index in [1.54, 1.807) is 23.2 Å². The number of halogens is 1. The fourth-order valence-corrected chi connectivity index (χ4v) is 4.05. The van der Waals surface area contributed by atoms with E-state index in [4.69, 9.17) is 5.73 Å². The number of likely N-dealkylation sites (tertiary alicyclic amines) is 1. The predicted molar refractivity (Wildman–Crippen MR) is 104 cm³/mol. The molecule has 1 aromatic heterocycles. The standard InChI is InChI=1S/C20H24FN5O/c1-13-4-3-5-16(21)19(13)25-12-14-11-23-18(22)10-17(14)26(20(25)27)15-6-8-24(2)9-7-15/h3-5,10-11,15H,6-9,12H2,1-2H3,(H2,22,23). The number of aryl methyl sites for hydroxylation is 1. The van der Waals surface area contributed by atoms with Gasteiger partial charge in [-0.1, -0.05) is 12.1 Å². The number of nitrogens with two attached hydrogens (primary N) is 1. The van der Waals surface area contributed by atoms with Crippen molar-refractivity contribution < 1.29 is 9.18 Å². The number of urea groups is 1. The number of hydrogen-bond acceptors (Lipinski definition) is 4. The molecule has 0 spiro atoms. The number of benzene rings is 1. The summed E-state index contributed by atoms with van der Waals surface area (Å²) >= 11 is 0. The highest BCUT2D eigenvalue weighted by molar-refractivity contribution is 6.07. The number of nitrogen functional groups attached to an aromatic ring is 1. The Morgan fingerprint density at radius 1 is 1.26 bits per heavy atom. The molecule has 3 heterocycles. The van der Waals surface area contributed by atoms with E-state index in [-0.39, 0.29) is 18.6 Å². The lowest BCUT2D eigenvalue weighted by Crippen LogP contribution is -2.55. The van der Waals surface area contributed by atoms with Crippen molar-refractivity contribution in [1.82, 2.24) is 9.88 Å². The Kier molecular flexibility index (Phi) is 4.47. The van der Waals surface area contributed by atoms with Gasteiger partial charge in [0, 0.05) is 23.9 Å². The number of rotatable bonds is 2. The summed E-state index contributed by atoms with van der Waals surface area (Å²) in [5.41, 5.74) is 8.65. The van der Waals surface area contributed by atoms with Crippen molar-refractivity contribution >= 4 is 23.2 Å². The molecule has 0 atom stereocenters. The van der Waals surface area contributed by atoms with Gasteiger partial charge in [-0.15, -0.1) is 0 Å². The number of amides is 2. The van der Waals surface area contributed by atoms with Crippen molar-refractivity contribution in [2.24, 2.45) is 0 Å². The van der Waals surface area contributed by atoms with E-state index in [0.717, 1.165) is 42.7 Å². The van der Waals surface area contributed by atoms with Gasteiger partial charge in [0.1, 0.15) is 11.6 Å². The van der Waals surface area contributed by atoms with Crippen LogP contribution in [0.1, 0.15) is 24.0 Å². The van der Waals surface area contributed by atoms with Gasteiger partial charge in [-0.25, -0.2) is 14.2 Å². The van der Waals surface area contributed by atoms with Crippen LogP contribution < -0.4 is 15.5 Å². The average Bonchev–Trinajstić information content (AvgIpc) is 2.63. The molecule has 7 heteroatoms. The molecule has 2 aliphatic rings. The van der Waals surface area contributed by atoms with E-state index in [0.29, 0.717) is 11.5 Å². The number of piperidine rings is 1. The number of para-hydroxylation sites is 1. The van der Waals surface area contributed by atoms with Crippen molar-refractivity contribution in [2.75, 3.05) is 35.7 Å². The van der Waals surface area contributed by atoms with Gasteiger partial charge in [-0.3, -0.25) is 9.80 Å². The maximum atomic E-state index is 14.6. The highest BCUT2D eigenvalue weighted by Crippen LogP contribution is 2.37. The minimum Gasteiger partial charge on any atom is -0.384 e.